The van der Waals surface area contributed by atoms with Gasteiger partial charge in [-0.1, -0.05) is 20.8 Å². The van der Waals surface area contributed by atoms with E-state index in [1.54, 1.807) is 7.05 Å². The Labute approximate surface area is 142 Å². The maximum atomic E-state index is 12.1. The summed E-state index contributed by atoms with van der Waals surface area (Å²) in [6.45, 7) is 11.0. The van der Waals surface area contributed by atoms with Gasteiger partial charge in [0.25, 0.3) is 5.56 Å². The van der Waals surface area contributed by atoms with E-state index in [4.69, 9.17) is 0 Å². The van der Waals surface area contributed by atoms with Crippen LogP contribution >= 0.6 is 12.4 Å². The molecular weight excluding hydrogens is 318 g/mol. The smallest absolute Gasteiger partial charge is 0.322 e. The number of halogens is 1. The molecule has 0 bridgehead atoms. The number of fused-ring (bicyclic) bond motifs is 1. The summed E-state index contributed by atoms with van der Waals surface area (Å²) in [6, 6.07) is 0. The van der Waals surface area contributed by atoms with E-state index in [9.17, 15) is 9.59 Å². The Hall–Kier alpha value is -1.60. The lowest BCUT2D eigenvalue weighted by Crippen LogP contribution is -2.37. The molecule has 0 aliphatic heterocycles. The van der Waals surface area contributed by atoms with Crippen LogP contribution < -0.4 is 16.6 Å². The van der Waals surface area contributed by atoms with Crippen molar-refractivity contribution in [1.29, 1.82) is 0 Å². The van der Waals surface area contributed by atoms with E-state index < -0.39 is 0 Å². The summed E-state index contributed by atoms with van der Waals surface area (Å²) in [7, 11) is 3.12. The lowest BCUT2D eigenvalue weighted by atomic mass is 10.4. The normalized spacial score (nSPS) is 10.2. The van der Waals surface area contributed by atoms with E-state index in [0.29, 0.717) is 11.2 Å². The zero-order chi connectivity index (χ0) is 16.9. The van der Waals surface area contributed by atoms with Gasteiger partial charge in [-0.3, -0.25) is 13.9 Å². The predicted octanol–water partition coefficient (Wildman–Crippen LogP) is 1.19. The Bertz CT molecular complexity index is 743. The molecule has 2 rings (SSSR count). The highest BCUT2D eigenvalue weighted by molar-refractivity contribution is 5.85. The van der Waals surface area contributed by atoms with E-state index >= 15 is 0 Å². The molecule has 0 saturated carbocycles. The van der Waals surface area contributed by atoms with E-state index in [2.05, 4.69) is 24.1 Å². The summed E-state index contributed by atoms with van der Waals surface area (Å²) in [6.07, 6.45) is 0.915. The SMILES string of the molecule is CCCn1c(C)nc2c1c(=O)n(C)c(=O)n2C.CCNCC.Cl. The monoisotopic (exact) mass is 345 g/mol. The first kappa shape index (κ1) is 21.4. The van der Waals surface area contributed by atoms with Crippen molar-refractivity contribution in [2.45, 2.75) is 40.7 Å². The topological polar surface area (TPSA) is 73.8 Å². The van der Waals surface area contributed by atoms with Gasteiger partial charge in [0.05, 0.1) is 0 Å². The van der Waals surface area contributed by atoms with Gasteiger partial charge in [0.2, 0.25) is 0 Å². The van der Waals surface area contributed by atoms with E-state index in [1.165, 1.54) is 11.6 Å². The summed E-state index contributed by atoms with van der Waals surface area (Å²) in [5, 5.41) is 3.11. The molecule has 2 heterocycles. The highest BCUT2D eigenvalue weighted by atomic mass is 35.5. The molecule has 0 aliphatic carbocycles. The fourth-order valence-corrected chi connectivity index (χ4v) is 2.30. The Kier molecular flexibility index (Phi) is 8.86. The minimum atomic E-state index is -0.344. The van der Waals surface area contributed by atoms with E-state index in [-0.39, 0.29) is 23.7 Å². The molecule has 8 heteroatoms. The van der Waals surface area contributed by atoms with Crippen molar-refractivity contribution >= 4 is 23.6 Å². The second-order valence-electron chi connectivity index (χ2n) is 5.15. The fraction of sp³-hybridized carbons (Fsp3) is 0.667. The number of hydrogen-bond donors (Lipinski definition) is 1. The fourth-order valence-electron chi connectivity index (χ4n) is 2.30. The number of nitrogens with zero attached hydrogens (tertiary/aromatic N) is 4. The largest absolute Gasteiger partial charge is 0.332 e. The van der Waals surface area contributed by atoms with Crippen LogP contribution in [0.25, 0.3) is 11.2 Å². The molecule has 0 unspecified atom stereocenters. The molecule has 0 spiro atoms. The number of nitrogens with one attached hydrogen (secondary N) is 1. The number of aromatic nitrogens is 4. The molecule has 0 saturated heterocycles. The third kappa shape index (κ3) is 4.45. The molecule has 0 aliphatic rings. The minimum absolute atomic E-state index is 0. The lowest BCUT2D eigenvalue weighted by molar-refractivity contribution is 0.663. The Balaban J connectivity index is 0.000000709. The molecule has 132 valence electrons. The highest BCUT2D eigenvalue weighted by Crippen LogP contribution is 2.10. The average Bonchev–Trinajstić information content (AvgIpc) is 2.82. The van der Waals surface area contributed by atoms with Crippen LogP contribution in [-0.2, 0) is 20.6 Å². The zero-order valence-corrected chi connectivity index (χ0v) is 15.7. The van der Waals surface area contributed by atoms with Crippen LogP contribution in [0.2, 0.25) is 0 Å². The highest BCUT2D eigenvalue weighted by Gasteiger charge is 2.16. The van der Waals surface area contributed by atoms with Gasteiger partial charge >= 0.3 is 5.69 Å². The zero-order valence-electron chi connectivity index (χ0n) is 14.8. The second kappa shape index (κ2) is 9.52. The molecule has 0 atom stereocenters. The van der Waals surface area contributed by atoms with Crippen molar-refractivity contribution in [3.05, 3.63) is 26.7 Å². The van der Waals surface area contributed by atoms with Gasteiger partial charge in [-0.2, -0.15) is 0 Å². The number of aryl methyl sites for hydroxylation is 3. The van der Waals surface area contributed by atoms with Gasteiger partial charge < -0.3 is 9.88 Å². The van der Waals surface area contributed by atoms with Crippen molar-refractivity contribution < 1.29 is 0 Å². The molecular formula is C15H28ClN5O2. The number of rotatable bonds is 4. The van der Waals surface area contributed by atoms with E-state index in [1.807, 2.05) is 18.4 Å². The van der Waals surface area contributed by atoms with Gasteiger partial charge in [0.15, 0.2) is 11.2 Å². The summed E-state index contributed by atoms with van der Waals surface area (Å²) in [5.41, 5.74) is 0.346. The van der Waals surface area contributed by atoms with E-state index in [0.717, 1.165) is 36.4 Å². The van der Waals surface area contributed by atoms with Crippen molar-refractivity contribution in [2.24, 2.45) is 14.1 Å². The maximum Gasteiger partial charge on any atom is 0.332 e. The summed E-state index contributed by atoms with van der Waals surface area (Å²) in [4.78, 5) is 28.2. The van der Waals surface area contributed by atoms with Gasteiger partial charge in [-0.05, 0) is 26.4 Å². The standard InChI is InChI=1S/C11H16N4O2.C4H11N.ClH/c1-5-6-15-7(2)12-9-8(15)10(16)14(4)11(17)13(9)3;1-3-5-4-2;/h5-6H2,1-4H3;5H,3-4H2,1-2H3;1H. The van der Waals surface area contributed by atoms with Crippen LogP contribution in [0.1, 0.15) is 33.0 Å². The third-order valence-corrected chi connectivity index (χ3v) is 3.49. The molecule has 0 amide bonds. The molecule has 2 aromatic heterocycles. The molecule has 0 radical (unpaired) electrons. The van der Waals surface area contributed by atoms with Crippen molar-refractivity contribution in [1.82, 2.24) is 24.0 Å². The summed E-state index contributed by atoms with van der Waals surface area (Å²) >= 11 is 0. The first-order valence-corrected chi connectivity index (χ1v) is 7.74. The van der Waals surface area contributed by atoms with Crippen LogP contribution in [0, 0.1) is 6.92 Å². The Morgan fingerprint density at radius 2 is 1.61 bits per heavy atom. The third-order valence-electron chi connectivity index (χ3n) is 3.49. The van der Waals surface area contributed by atoms with Crippen molar-refractivity contribution in [2.75, 3.05) is 13.1 Å². The van der Waals surface area contributed by atoms with Crippen LogP contribution in [0.4, 0.5) is 0 Å². The molecule has 2 aromatic rings. The first-order chi connectivity index (χ1) is 10.4. The molecule has 23 heavy (non-hydrogen) atoms. The first-order valence-electron chi connectivity index (χ1n) is 7.74. The number of hydrogen-bond acceptors (Lipinski definition) is 4. The van der Waals surface area contributed by atoms with Gasteiger partial charge in [0, 0.05) is 20.6 Å². The van der Waals surface area contributed by atoms with Crippen LogP contribution in [-0.4, -0.2) is 31.8 Å². The molecule has 0 aromatic carbocycles. The maximum absolute atomic E-state index is 12.1. The van der Waals surface area contributed by atoms with Gasteiger partial charge in [-0.15, -0.1) is 12.4 Å². The van der Waals surface area contributed by atoms with Gasteiger partial charge in [-0.25, -0.2) is 9.78 Å². The molecule has 0 fully saturated rings. The second-order valence-corrected chi connectivity index (χ2v) is 5.15. The summed E-state index contributed by atoms with van der Waals surface area (Å²) in [5.74, 6) is 0.764. The molecule has 7 nitrogen and oxygen atoms in total. The van der Waals surface area contributed by atoms with Crippen LogP contribution in [0.5, 0.6) is 0 Å². The van der Waals surface area contributed by atoms with Crippen LogP contribution in [0.15, 0.2) is 9.59 Å². The lowest BCUT2D eigenvalue weighted by Gasteiger charge is -2.06. The predicted molar refractivity (Wildman–Crippen MR) is 96.7 cm³/mol. The van der Waals surface area contributed by atoms with Crippen LogP contribution in [0.3, 0.4) is 0 Å². The Morgan fingerprint density at radius 1 is 1.04 bits per heavy atom. The minimum Gasteiger partial charge on any atom is -0.322 e. The van der Waals surface area contributed by atoms with Crippen molar-refractivity contribution in [3.63, 3.8) is 0 Å². The van der Waals surface area contributed by atoms with Gasteiger partial charge in [0.1, 0.15) is 5.82 Å². The summed E-state index contributed by atoms with van der Waals surface area (Å²) < 4.78 is 4.41. The molecule has 1 N–H and O–H groups in total. The Morgan fingerprint density at radius 3 is 2.04 bits per heavy atom. The van der Waals surface area contributed by atoms with Crippen molar-refractivity contribution in [3.8, 4) is 0 Å². The average molecular weight is 346 g/mol. The number of imidazole rings is 1. The quantitative estimate of drug-likeness (QED) is 0.903.